The highest BCUT2D eigenvalue weighted by Crippen LogP contribution is 2.35. The van der Waals surface area contributed by atoms with Gasteiger partial charge in [0, 0.05) is 9.79 Å². The monoisotopic (exact) mass is 293 g/mol. The highest BCUT2D eigenvalue weighted by Gasteiger charge is 2.08. The van der Waals surface area contributed by atoms with E-state index in [-0.39, 0.29) is 0 Å². The average molecular weight is 294 g/mol. The Morgan fingerprint density at radius 2 is 1.89 bits per heavy atom. The van der Waals surface area contributed by atoms with Gasteiger partial charge in [0.2, 0.25) is 0 Å². The molecule has 2 aromatic carbocycles. The molecule has 0 saturated carbocycles. The van der Waals surface area contributed by atoms with E-state index in [9.17, 15) is 0 Å². The van der Waals surface area contributed by atoms with Crippen molar-refractivity contribution in [2.45, 2.75) is 16.7 Å². The van der Waals surface area contributed by atoms with E-state index in [1.165, 1.54) is 11.8 Å². The zero-order valence-electron chi connectivity index (χ0n) is 9.58. The second-order valence-corrected chi connectivity index (χ2v) is 5.64. The van der Waals surface area contributed by atoms with Gasteiger partial charge in [-0.15, -0.1) is 0 Å². The highest BCUT2D eigenvalue weighted by molar-refractivity contribution is 7.99. The average Bonchev–Trinajstić information content (AvgIpc) is 2.36. The zero-order valence-corrected chi connectivity index (χ0v) is 11.9. The molecular formula is C14H9Cl2NS. The fourth-order valence-electron chi connectivity index (χ4n) is 1.53. The summed E-state index contributed by atoms with van der Waals surface area (Å²) in [5.41, 5.74) is 1.75. The Kier molecular flexibility index (Phi) is 4.19. The molecule has 0 heterocycles. The summed E-state index contributed by atoms with van der Waals surface area (Å²) in [5, 5.41) is 10.2. The van der Waals surface area contributed by atoms with Crippen molar-refractivity contribution in [3.05, 3.63) is 57.6 Å². The Morgan fingerprint density at radius 3 is 2.56 bits per heavy atom. The van der Waals surface area contributed by atoms with Gasteiger partial charge in [-0.1, -0.05) is 47.1 Å². The van der Waals surface area contributed by atoms with Crippen molar-refractivity contribution < 1.29 is 0 Å². The predicted molar refractivity (Wildman–Crippen MR) is 76.5 cm³/mol. The van der Waals surface area contributed by atoms with Crippen molar-refractivity contribution in [1.82, 2.24) is 0 Å². The summed E-state index contributed by atoms with van der Waals surface area (Å²) in [5.74, 6) is 0. The number of halogens is 2. The fourth-order valence-corrected chi connectivity index (χ4v) is 2.90. The molecule has 0 saturated heterocycles. The molecule has 1 nitrogen and oxygen atoms in total. The molecule has 2 aromatic rings. The second-order valence-electron chi connectivity index (χ2n) is 3.74. The summed E-state index contributed by atoms with van der Waals surface area (Å²) in [6.07, 6.45) is 0. The Bertz CT molecular complexity index is 632. The third-order valence-corrected chi connectivity index (χ3v) is 4.42. The van der Waals surface area contributed by atoms with Gasteiger partial charge in [0.15, 0.2) is 0 Å². The van der Waals surface area contributed by atoms with E-state index in [1.54, 1.807) is 6.07 Å². The van der Waals surface area contributed by atoms with Gasteiger partial charge in [0.1, 0.15) is 6.07 Å². The number of nitrogens with zero attached hydrogens (tertiary/aromatic N) is 1. The maximum Gasteiger partial charge on any atom is 0.100 e. The van der Waals surface area contributed by atoms with E-state index >= 15 is 0 Å². The first kappa shape index (κ1) is 13.3. The van der Waals surface area contributed by atoms with Crippen molar-refractivity contribution >= 4 is 35.0 Å². The van der Waals surface area contributed by atoms with E-state index in [4.69, 9.17) is 28.5 Å². The summed E-state index contributed by atoms with van der Waals surface area (Å²) < 4.78 is 0. The minimum absolute atomic E-state index is 0.522. The van der Waals surface area contributed by atoms with Crippen molar-refractivity contribution in [3.8, 4) is 6.07 Å². The van der Waals surface area contributed by atoms with Crippen LogP contribution in [-0.2, 0) is 0 Å². The molecule has 0 aliphatic heterocycles. The van der Waals surface area contributed by atoms with Crippen LogP contribution in [0.15, 0.2) is 46.2 Å². The fraction of sp³-hybridized carbons (Fsp3) is 0.0714. The third-order valence-electron chi connectivity index (χ3n) is 2.44. The van der Waals surface area contributed by atoms with Crippen LogP contribution in [-0.4, -0.2) is 0 Å². The first-order valence-electron chi connectivity index (χ1n) is 5.24. The molecule has 18 heavy (non-hydrogen) atoms. The number of hydrogen-bond acceptors (Lipinski definition) is 2. The lowest BCUT2D eigenvalue weighted by Crippen LogP contribution is -1.86. The lowest BCUT2D eigenvalue weighted by molar-refractivity contribution is 1.26. The largest absolute Gasteiger partial charge is 0.192 e. The molecule has 0 aliphatic carbocycles. The smallest absolute Gasteiger partial charge is 0.100 e. The first-order valence-corrected chi connectivity index (χ1v) is 6.81. The first-order chi connectivity index (χ1) is 8.61. The molecule has 0 fully saturated rings. The molecule has 0 aliphatic rings. The topological polar surface area (TPSA) is 23.8 Å². The van der Waals surface area contributed by atoms with Gasteiger partial charge in [-0.05, 0) is 36.8 Å². The maximum atomic E-state index is 9.11. The Hall–Kier alpha value is -1.14. The van der Waals surface area contributed by atoms with Crippen molar-refractivity contribution in [1.29, 1.82) is 5.26 Å². The molecular weight excluding hydrogens is 285 g/mol. The van der Waals surface area contributed by atoms with E-state index in [0.717, 1.165) is 15.4 Å². The molecule has 0 amide bonds. The second kappa shape index (κ2) is 5.67. The van der Waals surface area contributed by atoms with Gasteiger partial charge in [-0.3, -0.25) is 0 Å². The standard InChI is InChI=1S/C14H9Cl2NS/c1-9-3-2-4-10(8-17)14(9)18-11-5-6-12(15)13(16)7-11/h2-7H,1H3. The normalized spacial score (nSPS) is 10.1. The number of hydrogen-bond donors (Lipinski definition) is 0. The molecule has 0 bridgehead atoms. The van der Waals surface area contributed by atoms with E-state index in [0.29, 0.717) is 15.6 Å². The van der Waals surface area contributed by atoms with Crippen LogP contribution in [0.1, 0.15) is 11.1 Å². The third kappa shape index (κ3) is 2.81. The van der Waals surface area contributed by atoms with Gasteiger partial charge in [-0.2, -0.15) is 5.26 Å². The minimum atomic E-state index is 0.522. The number of nitriles is 1. The van der Waals surface area contributed by atoms with Crippen LogP contribution in [0.4, 0.5) is 0 Å². The highest BCUT2D eigenvalue weighted by atomic mass is 35.5. The summed E-state index contributed by atoms with van der Waals surface area (Å²) in [6, 6.07) is 13.3. The summed E-state index contributed by atoms with van der Waals surface area (Å²) in [4.78, 5) is 1.92. The minimum Gasteiger partial charge on any atom is -0.192 e. The van der Waals surface area contributed by atoms with E-state index in [1.807, 2.05) is 37.3 Å². The van der Waals surface area contributed by atoms with Crippen LogP contribution in [0.3, 0.4) is 0 Å². The van der Waals surface area contributed by atoms with Crippen molar-refractivity contribution in [3.63, 3.8) is 0 Å². The van der Waals surface area contributed by atoms with Gasteiger partial charge >= 0.3 is 0 Å². The molecule has 2 rings (SSSR count). The molecule has 0 spiro atoms. The van der Waals surface area contributed by atoms with Crippen LogP contribution in [0.5, 0.6) is 0 Å². The van der Waals surface area contributed by atoms with E-state index in [2.05, 4.69) is 6.07 Å². The van der Waals surface area contributed by atoms with Crippen LogP contribution in [0.2, 0.25) is 10.0 Å². The van der Waals surface area contributed by atoms with Crippen LogP contribution >= 0.6 is 35.0 Å². The summed E-state index contributed by atoms with van der Waals surface area (Å²) in [7, 11) is 0. The van der Waals surface area contributed by atoms with E-state index < -0.39 is 0 Å². The van der Waals surface area contributed by atoms with Gasteiger partial charge in [0.25, 0.3) is 0 Å². The summed E-state index contributed by atoms with van der Waals surface area (Å²) >= 11 is 13.4. The predicted octanol–water partition coefficient (Wildman–Crippen LogP) is 5.32. The molecule has 0 unspecified atom stereocenters. The van der Waals surface area contributed by atoms with Gasteiger partial charge in [0.05, 0.1) is 15.6 Å². The summed E-state index contributed by atoms with van der Waals surface area (Å²) in [6.45, 7) is 1.99. The zero-order chi connectivity index (χ0) is 13.1. The molecule has 0 N–H and O–H groups in total. The lowest BCUT2D eigenvalue weighted by atomic mass is 10.1. The molecule has 0 atom stereocenters. The van der Waals surface area contributed by atoms with Crippen molar-refractivity contribution in [2.24, 2.45) is 0 Å². The van der Waals surface area contributed by atoms with Crippen LogP contribution < -0.4 is 0 Å². The molecule has 90 valence electrons. The number of aryl methyl sites for hydroxylation is 1. The Labute approximate surface area is 120 Å². The van der Waals surface area contributed by atoms with Gasteiger partial charge in [-0.25, -0.2) is 0 Å². The Balaban J connectivity index is 2.40. The number of benzene rings is 2. The van der Waals surface area contributed by atoms with Crippen LogP contribution in [0, 0.1) is 18.3 Å². The molecule has 0 radical (unpaired) electrons. The van der Waals surface area contributed by atoms with Crippen molar-refractivity contribution in [2.75, 3.05) is 0 Å². The Morgan fingerprint density at radius 1 is 1.11 bits per heavy atom. The quantitative estimate of drug-likeness (QED) is 0.748. The molecule has 4 heteroatoms. The van der Waals surface area contributed by atoms with Crippen LogP contribution in [0.25, 0.3) is 0 Å². The maximum absolute atomic E-state index is 9.11. The molecule has 0 aromatic heterocycles. The number of rotatable bonds is 2. The van der Waals surface area contributed by atoms with Gasteiger partial charge < -0.3 is 0 Å². The SMILES string of the molecule is Cc1cccc(C#N)c1Sc1ccc(Cl)c(Cl)c1. The lowest BCUT2D eigenvalue weighted by Gasteiger charge is -2.08.